The first kappa shape index (κ1) is 20.5. The van der Waals surface area contributed by atoms with E-state index in [1.54, 1.807) is 4.90 Å². The van der Waals surface area contributed by atoms with E-state index in [1.807, 2.05) is 32.9 Å². The van der Waals surface area contributed by atoms with Crippen molar-refractivity contribution >= 4 is 23.5 Å². The number of halogens is 1. The Kier molecular flexibility index (Phi) is 7.26. The number of aryl methyl sites for hydroxylation is 1. The number of ether oxygens (including phenoxy) is 1. The summed E-state index contributed by atoms with van der Waals surface area (Å²) in [5.41, 5.74) is 0.491. The molecule has 1 aromatic rings. The second kappa shape index (κ2) is 9.21. The first-order valence-electron chi connectivity index (χ1n) is 9.16. The van der Waals surface area contributed by atoms with Gasteiger partial charge in [0.2, 0.25) is 0 Å². The monoisotopic (exact) mass is 380 g/mol. The van der Waals surface area contributed by atoms with E-state index in [0.29, 0.717) is 24.1 Å². The fourth-order valence-corrected chi connectivity index (χ4v) is 3.08. The lowest BCUT2D eigenvalue weighted by molar-refractivity contribution is 0.0206. The number of hydrogen-bond acceptors (Lipinski definition) is 5. The zero-order valence-corrected chi connectivity index (χ0v) is 16.7. The molecule has 1 N–H and O–H groups in total. The zero-order valence-electron chi connectivity index (χ0n) is 15.9. The Balaban J connectivity index is 1.96. The minimum atomic E-state index is -0.487. The van der Waals surface area contributed by atoms with Gasteiger partial charge in [0.1, 0.15) is 11.4 Å². The highest BCUT2D eigenvalue weighted by Crippen LogP contribution is 2.21. The highest BCUT2D eigenvalue weighted by atomic mass is 35.5. The molecule has 0 bridgehead atoms. The molecule has 0 aliphatic carbocycles. The molecule has 1 fully saturated rings. The van der Waals surface area contributed by atoms with E-state index in [-0.39, 0.29) is 12.1 Å². The van der Waals surface area contributed by atoms with Crippen LogP contribution in [0.25, 0.3) is 0 Å². The van der Waals surface area contributed by atoms with E-state index in [0.717, 1.165) is 37.7 Å². The molecule has 2 rings (SSSR count). The standard InChI is InChI=1S/C19H29ClN4O2/c1-5-6-7-9-14-12-16(22-23-17(14)20)21-15-10-8-11-24(13-15)18(25)26-19(2,3)4/h5,12,15H,1,6-11,13H2,2-4H3,(H,21,22)/t15-/m1/s1. The smallest absolute Gasteiger partial charge is 0.410 e. The van der Waals surface area contributed by atoms with Gasteiger partial charge in [-0.3, -0.25) is 0 Å². The highest BCUT2D eigenvalue weighted by molar-refractivity contribution is 6.30. The number of nitrogens with one attached hydrogen (secondary N) is 1. The van der Waals surface area contributed by atoms with Crippen molar-refractivity contribution in [3.63, 3.8) is 0 Å². The third-order valence-electron chi connectivity index (χ3n) is 4.10. The Morgan fingerprint density at radius 1 is 1.50 bits per heavy atom. The maximum Gasteiger partial charge on any atom is 0.410 e. The minimum absolute atomic E-state index is 0.118. The van der Waals surface area contributed by atoms with E-state index in [4.69, 9.17) is 16.3 Å². The first-order chi connectivity index (χ1) is 12.3. The Hall–Kier alpha value is -1.82. The number of hydrogen-bond donors (Lipinski definition) is 1. The third-order valence-corrected chi connectivity index (χ3v) is 4.42. The Morgan fingerprint density at radius 3 is 2.96 bits per heavy atom. The van der Waals surface area contributed by atoms with Crippen LogP contribution in [0.4, 0.5) is 10.6 Å². The molecule has 0 saturated carbocycles. The molecule has 1 aliphatic rings. The normalized spacial score (nSPS) is 17.7. The number of likely N-dealkylation sites (tertiary alicyclic amines) is 1. The molecular weight excluding hydrogens is 352 g/mol. The van der Waals surface area contributed by atoms with Gasteiger partial charge in [0.15, 0.2) is 5.15 Å². The maximum absolute atomic E-state index is 12.3. The molecule has 1 saturated heterocycles. The van der Waals surface area contributed by atoms with Crippen molar-refractivity contribution in [3.05, 3.63) is 29.4 Å². The van der Waals surface area contributed by atoms with Crippen LogP contribution in [-0.4, -0.2) is 45.9 Å². The summed E-state index contributed by atoms with van der Waals surface area (Å²) in [7, 11) is 0. The summed E-state index contributed by atoms with van der Waals surface area (Å²) in [4.78, 5) is 14.0. The van der Waals surface area contributed by atoms with Crippen LogP contribution in [0.2, 0.25) is 5.15 Å². The van der Waals surface area contributed by atoms with Crippen molar-refractivity contribution in [2.75, 3.05) is 18.4 Å². The van der Waals surface area contributed by atoms with Gasteiger partial charge in [-0.1, -0.05) is 17.7 Å². The number of amides is 1. The average Bonchev–Trinajstić information content (AvgIpc) is 2.56. The van der Waals surface area contributed by atoms with Crippen LogP contribution in [0.15, 0.2) is 18.7 Å². The molecule has 6 nitrogen and oxygen atoms in total. The SMILES string of the molecule is C=CCCCc1cc(N[C@@H]2CCCN(C(=O)OC(C)(C)C)C2)nnc1Cl. The van der Waals surface area contributed by atoms with Crippen LogP contribution in [0.1, 0.15) is 52.0 Å². The first-order valence-corrected chi connectivity index (χ1v) is 9.54. The number of allylic oxidation sites excluding steroid dienone is 1. The van der Waals surface area contributed by atoms with Gasteiger partial charge in [-0.25, -0.2) is 4.79 Å². The van der Waals surface area contributed by atoms with Gasteiger partial charge in [-0.05, 0) is 64.5 Å². The number of rotatable bonds is 6. The average molecular weight is 381 g/mol. The van der Waals surface area contributed by atoms with Crippen LogP contribution in [-0.2, 0) is 11.2 Å². The summed E-state index contributed by atoms with van der Waals surface area (Å²) in [6.07, 6.45) is 6.27. The second-order valence-electron chi connectivity index (χ2n) is 7.64. The van der Waals surface area contributed by atoms with E-state index in [9.17, 15) is 4.79 Å². The largest absolute Gasteiger partial charge is 0.444 e. The number of anilines is 1. The summed E-state index contributed by atoms with van der Waals surface area (Å²) >= 11 is 6.15. The Morgan fingerprint density at radius 2 is 2.27 bits per heavy atom. The van der Waals surface area contributed by atoms with E-state index < -0.39 is 5.60 Å². The van der Waals surface area contributed by atoms with Gasteiger partial charge in [-0.2, -0.15) is 0 Å². The summed E-state index contributed by atoms with van der Waals surface area (Å²) in [5, 5.41) is 12.0. The second-order valence-corrected chi connectivity index (χ2v) is 7.99. The van der Waals surface area contributed by atoms with Gasteiger partial charge in [-0.15, -0.1) is 16.8 Å². The third kappa shape index (κ3) is 6.48. The lowest BCUT2D eigenvalue weighted by atomic mass is 10.1. The predicted molar refractivity (Wildman–Crippen MR) is 105 cm³/mol. The van der Waals surface area contributed by atoms with Crippen molar-refractivity contribution in [3.8, 4) is 0 Å². The molecule has 0 radical (unpaired) electrons. The number of unbranched alkanes of at least 4 members (excludes halogenated alkanes) is 1. The van der Waals surface area contributed by atoms with Crippen LogP contribution in [0.3, 0.4) is 0 Å². The van der Waals surface area contributed by atoms with E-state index in [2.05, 4.69) is 22.1 Å². The molecule has 0 spiro atoms. The fraction of sp³-hybridized carbons (Fsp3) is 0.632. The van der Waals surface area contributed by atoms with Gasteiger partial charge in [0.05, 0.1) is 0 Å². The molecule has 2 heterocycles. The number of piperidine rings is 1. The molecule has 7 heteroatoms. The molecule has 1 aliphatic heterocycles. The van der Waals surface area contributed by atoms with Crippen LogP contribution < -0.4 is 5.32 Å². The van der Waals surface area contributed by atoms with Gasteiger partial charge in [0.25, 0.3) is 0 Å². The molecule has 0 unspecified atom stereocenters. The number of aromatic nitrogens is 2. The fourth-order valence-electron chi connectivity index (χ4n) is 2.89. The number of carbonyl (C=O) groups is 1. The molecule has 26 heavy (non-hydrogen) atoms. The predicted octanol–water partition coefficient (Wildman–Crippen LogP) is 4.45. The van der Waals surface area contributed by atoms with Gasteiger partial charge in [0, 0.05) is 19.1 Å². The quantitative estimate of drug-likeness (QED) is 0.583. The highest BCUT2D eigenvalue weighted by Gasteiger charge is 2.27. The summed E-state index contributed by atoms with van der Waals surface area (Å²) in [5.74, 6) is 0.694. The van der Waals surface area contributed by atoms with Crippen molar-refractivity contribution < 1.29 is 9.53 Å². The zero-order chi connectivity index (χ0) is 19.2. The topological polar surface area (TPSA) is 67.4 Å². The van der Waals surface area contributed by atoms with Crippen molar-refractivity contribution in [2.45, 2.75) is 64.5 Å². The van der Waals surface area contributed by atoms with Crippen LogP contribution in [0.5, 0.6) is 0 Å². The number of nitrogens with zero attached hydrogens (tertiary/aromatic N) is 3. The van der Waals surface area contributed by atoms with Crippen molar-refractivity contribution in [2.24, 2.45) is 0 Å². The lowest BCUT2D eigenvalue weighted by Gasteiger charge is -2.34. The van der Waals surface area contributed by atoms with Crippen molar-refractivity contribution in [1.29, 1.82) is 0 Å². The van der Waals surface area contributed by atoms with Crippen LogP contribution >= 0.6 is 11.6 Å². The number of carbonyl (C=O) groups excluding carboxylic acids is 1. The summed E-state index contributed by atoms with van der Waals surface area (Å²) in [6, 6.07) is 2.07. The molecule has 144 valence electrons. The molecule has 1 aromatic heterocycles. The molecule has 1 amide bonds. The van der Waals surface area contributed by atoms with Gasteiger partial charge < -0.3 is 15.0 Å². The minimum Gasteiger partial charge on any atom is -0.444 e. The van der Waals surface area contributed by atoms with E-state index >= 15 is 0 Å². The molecule has 0 aromatic carbocycles. The Labute approximate surface area is 161 Å². The molecular formula is C19H29ClN4O2. The lowest BCUT2D eigenvalue weighted by Crippen LogP contribution is -2.47. The van der Waals surface area contributed by atoms with Gasteiger partial charge >= 0.3 is 6.09 Å². The summed E-state index contributed by atoms with van der Waals surface area (Å²) in [6.45, 7) is 10.7. The van der Waals surface area contributed by atoms with Crippen LogP contribution in [0, 0.1) is 0 Å². The van der Waals surface area contributed by atoms with E-state index in [1.165, 1.54) is 0 Å². The van der Waals surface area contributed by atoms with Crippen molar-refractivity contribution in [1.82, 2.24) is 15.1 Å². The Bertz CT molecular complexity index is 630. The summed E-state index contributed by atoms with van der Waals surface area (Å²) < 4.78 is 5.47. The maximum atomic E-state index is 12.3. The molecule has 1 atom stereocenters.